The van der Waals surface area contributed by atoms with Gasteiger partial charge in [0.05, 0.1) is 11.1 Å². The summed E-state index contributed by atoms with van der Waals surface area (Å²) < 4.78 is 1.22. The standard InChI is InChI=1S/C8H6I2N2O2/c9-4-2-1-3(7(11)13)6(10)5(4)8(12)14/h1-2H,(H2,11,13)(H2,12,14). The van der Waals surface area contributed by atoms with E-state index in [0.717, 1.165) is 0 Å². The van der Waals surface area contributed by atoms with Crippen LogP contribution in [0, 0.1) is 7.14 Å². The number of benzene rings is 1. The number of primary amides is 2. The second-order valence-corrected chi connectivity index (χ2v) is 4.75. The predicted molar refractivity (Wildman–Crippen MR) is 68.9 cm³/mol. The summed E-state index contributed by atoms with van der Waals surface area (Å²) in [6.07, 6.45) is 0. The van der Waals surface area contributed by atoms with E-state index in [1.165, 1.54) is 0 Å². The van der Waals surface area contributed by atoms with Gasteiger partial charge < -0.3 is 11.5 Å². The first-order chi connectivity index (χ1) is 6.45. The van der Waals surface area contributed by atoms with E-state index in [9.17, 15) is 9.59 Å². The fraction of sp³-hybridized carbons (Fsp3) is 0. The molecule has 0 aliphatic carbocycles. The predicted octanol–water partition coefficient (Wildman–Crippen LogP) is 1.09. The minimum absolute atomic E-state index is 0.319. The SMILES string of the molecule is NC(=O)c1ccc(I)c(C(N)=O)c1I. The van der Waals surface area contributed by atoms with E-state index in [1.807, 2.05) is 45.2 Å². The maximum Gasteiger partial charge on any atom is 0.250 e. The van der Waals surface area contributed by atoms with E-state index < -0.39 is 11.8 Å². The van der Waals surface area contributed by atoms with Gasteiger partial charge in [0.15, 0.2) is 0 Å². The molecule has 4 nitrogen and oxygen atoms in total. The number of nitrogens with two attached hydrogens (primary N) is 2. The van der Waals surface area contributed by atoms with E-state index in [-0.39, 0.29) is 0 Å². The minimum atomic E-state index is -0.562. The first-order valence-corrected chi connectivity index (χ1v) is 5.68. The fourth-order valence-electron chi connectivity index (χ4n) is 0.969. The van der Waals surface area contributed by atoms with Gasteiger partial charge in [-0.25, -0.2) is 0 Å². The van der Waals surface area contributed by atoms with Crippen molar-refractivity contribution in [1.29, 1.82) is 0 Å². The van der Waals surface area contributed by atoms with E-state index >= 15 is 0 Å². The zero-order valence-electron chi connectivity index (χ0n) is 6.88. The highest BCUT2D eigenvalue weighted by Crippen LogP contribution is 2.22. The van der Waals surface area contributed by atoms with Crippen LogP contribution in [0.4, 0.5) is 0 Å². The average Bonchev–Trinajstić information content (AvgIpc) is 2.02. The van der Waals surface area contributed by atoms with Crippen LogP contribution >= 0.6 is 45.2 Å². The second-order valence-electron chi connectivity index (χ2n) is 2.51. The molecule has 0 heterocycles. The third kappa shape index (κ3) is 2.16. The van der Waals surface area contributed by atoms with Crippen molar-refractivity contribution in [3.8, 4) is 0 Å². The highest BCUT2D eigenvalue weighted by atomic mass is 127. The summed E-state index contributed by atoms with van der Waals surface area (Å²) in [6.45, 7) is 0. The maximum absolute atomic E-state index is 11.1. The van der Waals surface area contributed by atoms with Gasteiger partial charge in [-0.3, -0.25) is 9.59 Å². The van der Waals surface area contributed by atoms with Gasteiger partial charge in [-0.2, -0.15) is 0 Å². The molecule has 0 aliphatic rings. The van der Waals surface area contributed by atoms with E-state index in [0.29, 0.717) is 18.3 Å². The highest BCUT2D eigenvalue weighted by molar-refractivity contribution is 14.1. The van der Waals surface area contributed by atoms with Gasteiger partial charge >= 0.3 is 0 Å². The van der Waals surface area contributed by atoms with Gasteiger partial charge in [-0.05, 0) is 57.3 Å². The summed E-state index contributed by atoms with van der Waals surface area (Å²) in [7, 11) is 0. The summed E-state index contributed by atoms with van der Waals surface area (Å²) in [4.78, 5) is 22.0. The van der Waals surface area contributed by atoms with Crippen LogP contribution in [0.5, 0.6) is 0 Å². The molecule has 1 aromatic carbocycles. The molecule has 0 aromatic heterocycles. The fourth-order valence-corrected chi connectivity index (χ4v) is 3.20. The lowest BCUT2D eigenvalue weighted by Gasteiger charge is -2.06. The van der Waals surface area contributed by atoms with Crippen LogP contribution in [0.25, 0.3) is 0 Å². The van der Waals surface area contributed by atoms with Crippen molar-refractivity contribution in [3.63, 3.8) is 0 Å². The van der Waals surface area contributed by atoms with Gasteiger partial charge in [-0.15, -0.1) is 0 Å². The Morgan fingerprint density at radius 2 is 1.64 bits per heavy atom. The molecule has 6 heteroatoms. The molecule has 0 atom stereocenters. The van der Waals surface area contributed by atoms with Crippen LogP contribution in [0.3, 0.4) is 0 Å². The van der Waals surface area contributed by atoms with Crippen molar-refractivity contribution in [2.45, 2.75) is 0 Å². The van der Waals surface area contributed by atoms with Crippen LogP contribution in [0.2, 0.25) is 0 Å². The molecule has 4 N–H and O–H groups in total. The molecule has 0 saturated heterocycles. The summed E-state index contributed by atoms with van der Waals surface area (Å²) in [5.41, 5.74) is 11.0. The van der Waals surface area contributed by atoms with Crippen LogP contribution in [0.15, 0.2) is 12.1 Å². The number of halogens is 2. The normalized spacial score (nSPS) is 9.86. The van der Waals surface area contributed by atoms with Crippen molar-refractivity contribution < 1.29 is 9.59 Å². The first-order valence-electron chi connectivity index (χ1n) is 3.52. The molecule has 0 radical (unpaired) electrons. The van der Waals surface area contributed by atoms with Crippen LogP contribution in [-0.2, 0) is 0 Å². The Bertz CT molecular complexity index is 418. The quantitative estimate of drug-likeness (QED) is 0.708. The van der Waals surface area contributed by atoms with Gasteiger partial charge in [0.1, 0.15) is 0 Å². The molecule has 74 valence electrons. The van der Waals surface area contributed by atoms with Crippen molar-refractivity contribution in [2.24, 2.45) is 11.5 Å². The molecule has 0 unspecified atom stereocenters. The summed E-state index contributed by atoms with van der Waals surface area (Å²) in [5, 5.41) is 0. The molecule has 0 aliphatic heterocycles. The zero-order valence-corrected chi connectivity index (χ0v) is 11.2. The summed E-state index contributed by atoms with van der Waals surface area (Å²) >= 11 is 3.87. The Hall–Kier alpha value is -0.380. The van der Waals surface area contributed by atoms with Crippen LogP contribution in [0.1, 0.15) is 20.7 Å². The molecule has 0 saturated carbocycles. The van der Waals surface area contributed by atoms with E-state index in [1.54, 1.807) is 12.1 Å². The Balaban J connectivity index is 3.49. The Morgan fingerprint density at radius 1 is 1.07 bits per heavy atom. The number of carbonyl (C=O) groups is 2. The molecule has 0 fully saturated rings. The Labute approximate surface area is 108 Å². The molecule has 1 rings (SSSR count). The van der Waals surface area contributed by atoms with Gasteiger partial charge in [0.25, 0.3) is 5.91 Å². The maximum atomic E-state index is 11.1. The van der Waals surface area contributed by atoms with Gasteiger partial charge in [0, 0.05) is 7.14 Å². The summed E-state index contributed by atoms with van der Waals surface area (Å²) in [6, 6.07) is 3.22. The lowest BCUT2D eigenvalue weighted by atomic mass is 10.1. The van der Waals surface area contributed by atoms with Crippen LogP contribution in [-0.4, -0.2) is 11.8 Å². The molecule has 14 heavy (non-hydrogen) atoms. The monoisotopic (exact) mass is 416 g/mol. The third-order valence-corrected chi connectivity index (χ3v) is 3.62. The molecule has 0 bridgehead atoms. The number of hydrogen-bond donors (Lipinski definition) is 2. The molecule has 0 spiro atoms. The van der Waals surface area contributed by atoms with E-state index in [2.05, 4.69) is 0 Å². The van der Waals surface area contributed by atoms with Gasteiger partial charge in [0.2, 0.25) is 5.91 Å². The zero-order chi connectivity index (χ0) is 10.9. The van der Waals surface area contributed by atoms with Crippen molar-refractivity contribution in [3.05, 3.63) is 30.4 Å². The lowest BCUT2D eigenvalue weighted by molar-refractivity contribution is 0.0998. The lowest BCUT2D eigenvalue weighted by Crippen LogP contribution is -2.19. The molecule has 1 aromatic rings. The van der Waals surface area contributed by atoms with Crippen molar-refractivity contribution in [1.82, 2.24) is 0 Å². The average molecular weight is 416 g/mol. The number of hydrogen-bond acceptors (Lipinski definition) is 2. The number of amides is 2. The number of rotatable bonds is 2. The molecular weight excluding hydrogens is 410 g/mol. The Kier molecular flexibility index (Phi) is 3.70. The minimum Gasteiger partial charge on any atom is -0.366 e. The second kappa shape index (κ2) is 4.43. The molecular formula is C8H6I2N2O2. The van der Waals surface area contributed by atoms with E-state index in [4.69, 9.17) is 11.5 Å². The van der Waals surface area contributed by atoms with Crippen molar-refractivity contribution in [2.75, 3.05) is 0 Å². The first kappa shape index (κ1) is 11.7. The molecule has 2 amide bonds. The number of carbonyl (C=O) groups excluding carboxylic acids is 2. The third-order valence-electron chi connectivity index (χ3n) is 1.60. The Morgan fingerprint density at radius 3 is 2.07 bits per heavy atom. The topological polar surface area (TPSA) is 86.2 Å². The summed E-state index contributed by atoms with van der Waals surface area (Å²) in [5.74, 6) is -1.12. The smallest absolute Gasteiger partial charge is 0.250 e. The van der Waals surface area contributed by atoms with Crippen LogP contribution < -0.4 is 11.5 Å². The van der Waals surface area contributed by atoms with Crippen molar-refractivity contribution >= 4 is 57.0 Å². The van der Waals surface area contributed by atoms with Gasteiger partial charge in [-0.1, -0.05) is 0 Å². The largest absolute Gasteiger partial charge is 0.366 e. The highest BCUT2D eigenvalue weighted by Gasteiger charge is 2.16.